The molecule has 0 aliphatic carbocycles. The van der Waals surface area contributed by atoms with Gasteiger partial charge in [-0.2, -0.15) is 0 Å². The van der Waals surface area contributed by atoms with Crippen LogP contribution in [-0.2, 0) is 17.6 Å². The first kappa shape index (κ1) is 19.3. The van der Waals surface area contributed by atoms with Crippen molar-refractivity contribution in [3.05, 3.63) is 58.7 Å². The number of hydrogen-bond acceptors (Lipinski definition) is 2. The maximum atomic E-state index is 13.8. The van der Waals surface area contributed by atoms with Gasteiger partial charge in [0, 0.05) is 0 Å². The first-order valence-corrected chi connectivity index (χ1v) is 8.74. The van der Waals surface area contributed by atoms with Crippen LogP contribution in [0.3, 0.4) is 0 Å². The van der Waals surface area contributed by atoms with Gasteiger partial charge in [0.25, 0.3) is 0 Å². The van der Waals surface area contributed by atoms with E-state index in [1.807, 2.05) is 0 Å². The molecule has 0 saturated carbocycles. The quantitative estimate of drug-likeness (QED) is 0.227. The van der Waals surface area contributed by atoms with Gasteiger partial charge in [0.15, 0.2) is 0 Å². The molecule has 0 saturated heterocycles. The SMILES string of the molecule is Fc1cc([N](F)[Zn][N](F)c2cc(F)c(F)c(F)c2F)c(F)c(F)c1F. The van der Waals surface area contributed by atoms with Gasteiger partial charge in [-0.3, -0.25) is 0 Å². The fourth-order valence-electron chi connectivity index (χ4n) is 1.74. The second-order valence-electron chi connectivity index (χ2n) is 4.50. The van der Waals surface area contributed by atoms with Crippen molar-refractivity contribution in [1.29, 1.82) is 0 Å². The molecule has 0 unspecified atom stereocenters. The molecule has 0 spiro atoms. The van der Waals surface area contributed by atoms with Crippen molar-refractivity contribution >= 4 is 11.4 Å². The predicted molar refractivity (Wildman–Crippen MR) is 59.7 cm³/mol. The molecule has 13 heteroatoms. The molecule has 0 heterocycles. The van der Waals surface area contributed by atoms with Gasteiger partial charge in [-0.1, -0.05) is 0 Å². The van der Waals surface area contributed by atoms with Crippen LogP contribution in [0.5, 0.6) is 0 Å². The van der Waals surface area contributed by atoms with E-state index in [1.165, 1.54) is 0 Å². The van der Waals surface area contributed by atoms with E-state index < -0.39 is 83.2 Å². The Morgan fingerprint density at radius 1 is 0.520 bits per heavy atom. The van der Waals surface area contributed by atoms with E-state index in [-0.39, 0.29) is 12.1 Å². The van der Waals surface area contributed by atoms with Crippen LogP contribution in [0, 0.1) is 46.5 Å². The number of hydrogen-bond donors (Lipinski definition) is 0. The molecule has 2 aromatic rings. The van der Waals surface area contributed by atoms with Crippen molar-refractivity contribution in [3.8, 4) is 0 Å². The van der Waals surface area contributed by atoms with E-state index in [0.29, 0.717) is 0 Å². The van der Waals surface area contributed by atoms with Gasteiger partial charge in [0.2, 0.25) is 0 Å². The van der Waals surface area contributed by atoms with Crippen molar-refractivity contribution in [2.24, 2.45) is 0 Å². The van der Waals surface area contributed by atoms with Gasteiger partial charge >= 0.3 is 139 Å². The standard InChI is InChI=1S/2C6HF5N.Zn/c2*7-2-1-3(12-11)5(9)6(10)4(2)8;/h2*1H;/q2*-1;+2. The molecule has 0 bridgehead atoms. The molecule has 0 aliphatic heterocycles. The average Bonchev–Trinajstić information content (AvgIpc) is 2.57. The minimum absolute atomic E-state index is 0.130. The molecule has 2 aromatic carbocycles. The van der Waals surface area contributed by atoms with E-state index in [2.05, 4.69) is 0 Å². The van der Waals surface area contributed by atoms with E-state index in [4.69, 9.17) is 0 Å². The van der Waals surface area contributed by atoms with Crippen LogP contribution in [0.4, 0.5) is 55.5 Å². The number of halogens is 10. The third kappa shape index (κ3) is 3.51. The first-order chi connectivity index (χ1) is 11.6. The Bertz CT molecular complexity index is 763. The fraction of sp³-hybridized carbons (Fsp3) is 0. The molecule has 2 rings (SSSR count). The van der Waals surface area contributed by atoms with Crippen molar-refractivity contribution in [1.82, 2.24) is 0 Å². The average molecular weight is 430 g/mol. The van der Waals surface area contributed by atoms with Gasteiger partial charge < -0.3 is 0 Å². The molecule has 132 valence electrons. The summed E-state index contributed by atoms with van der Waals surface area (Å²) < 4.78 is 130. The summed E-state index contributed by atoms with van der Waals surface area (Å²) in [6.07, 6.45) is 0. The van der Waals surface area contributed by atoms with E-state index >= 15 is 0 Å². The van der Waals surface area contributed by atoms with Crippen molar-refractivity contribution in [2.75, 3.05) is 7.73 Å². The summed E-state index contributed by atoms with van der Waals surface area (Å²) in [5.41, 5.74) is -3.08. The Morgan fingerprint density at radius 2 is 0.840 bits per heavy atom. The summed E-state index contributed by atoms with van der Waals surface area (Å²) in [5, 5.41) is 0. The van der Waals surface area contributed by atoms with Gasteiger partial charge in [-0.25, -0.2) is 0 Å². The Kier molecular flexibility index (Phi) is 5.45. The monoisotopic (exact) mass is 428 g/mol. The van der Waals surface area contributed by atoms with E-state index in [0.717, 1.165) is 0 Å². The maximum absolute atomic E-state index is 13.8. The summed E-state index contributed by atoms with van der Waals surface area (Å²) in [7, 11) is 0. The molecular formula is C12H2F10N2Zn. The second kappa shape index (κ2) is 7.06. The number of benzene rings is 2. The van der Waals surface area contributed by atoms with Crippen LogP contribution in [0.1, 0.15) is 0 Å². The molecule has 2 nitrogen and oxygen atoms in total. The Morgan fingerprint density at radius 3 is 1.16 bits per heavy atom. The van der Waals surface area contributed by atoms with Crippen molar-refractivity contribution < 1.29 is 61.7 Å². The third-order valence-corrected chi connectivity index (χ3v) is 5.41. The summed E-state index contributed by atoms with van der Waals surface area (Å²) >= 11 is -3.84. The van der Waals surface area contributed by atoms with Crippen LogP contribution >= 0.6 is 0 Å². The van der Waals surface area contributed by atoms with Gasteiger partial charge in [-0.05, 0) is 0 Å². The number of nitrogens with zero attached hydrogens (tertiary/aromatic N) is 2. The summed E-state index contributed by atoms with van der Waals surface area (Å²) in [5.74, 6) is -17.6. The first-order valence-electron chi connectivity index (χ1n) is 6.08. The number of anilines is 2. The zero-order valence-electron chi connectivity index (χ0n) is 11.5. The van der Waals surface area contributed by atoms with Crippen molar-refractivity contribution in [3.63, 3.8) is 0 Å². The fourth-order valence-corrected chi connectivity index (χ4v) is 3.80. The minimum atomic E-state index is -3.84. The predicted octanol–water partition coefficient (Wildman–Crippen LogP) is 4.79. The van der Waals surface area contributed by atoms with Gasteiger partial charge in [-0.15, -0.1) is 0 Å². The van der Waals surface area contributed by atoms with E-state index in [9.17, 15) is 44.1 Å². The molecule has 0 N–H and O–H groups in total. The van der Waals surface area contributed by atoms with E-state index in [1.54, 1.807) is 0 Å². The molecule has 0 aliphatic rings. The number of rotatable bonds is 4. The molecule has 25 heavy (non-hydrogen) atoms. The van der Waals surface area contributed by atoms with Gasteiger partial charge in [0.1, 0.15) is 0 Å². The molecule has 0 atom stereocenters. The summed E-state index contributed by atoms with van der Waals surface area (Å²) in [6, 6.07) is -0.260. The zero-order valence-corrected chi connectivity index (χ0v) is 14.5. The molecule has 0 aromatic heterocycles. The Balaban J connectivity index is 2.35. The summed E-state index contributed by atoms with van der Waals surface area (Å²) in [6.45, 7) is 0. The van der Waals surface area contributed by atoms with Crippen LogP contribution < -0.4 is 7.73 Å². The Labute approximate surface area is 140 Å². The van der Waals surface area contributed by atoms with Crippen LogP contribution in [-0.4, -0.2) is 0 Å². The third-order valence-electron chi connectivity index (χ3n) is 2.94. The topological polar surface area (TPSA) is 6.48 Å². The molecule has 0 amide bonds. The second-order valence-corrected chi connectivity index (χ2v) is 7.43. The van der Waals surface area contributed by atoms with Gasteiger partial charge in [0.05, 0.1) is 0 Å². The van der Waals surface area contributed by atoms with Crippen molar-refractivity contribution in [2.45, 2.75) is 0 Å². The molecule has 0 fully saturated rings. The van der Waals surface area contributed by atoms with Crippen LogP contribution in [0.25, 0.3) is 0 Å². The van der Waals surface area contributed by atoms with Crippen LogP contribution in [0.2, 0.25) is 0 Å². The molecular weight excluding hydrogens is 428 g/mol. The normalized spacial score (nSPS) is 10.6. The molecule has 0 radical (unpaired) electrons. The Hall–Kier alpha value is -2.04. The summed E-state index contributed by atoms with van der Waals surface area (Å²) in [4.78, 5) is 0. The van der Waals surface area contributed by atoms with Crippen LogP contribution in [0.15, 0.2) is 12.1 Å². The zero-order chi connectivity index (χ0) is 19.0.